The molecular formula is C27H39BN2O3. The Labute approximate surface area is 199 Å². The molecule has 2 bridgehead atoms. The maximum Gasteiger partial charge on any atom is 0.494 e. The number of carbonyl (C=O) groups is 1. The fourth-order valence-electron chi connectivity index (χ4n) is 6.88. The summed E-state index contributed by atoms with van der Waals surface area (Å²) < 4.78 is 12.6. The topological polar surface area (TPSA) is 42.0 Å². The molecule has 6 aliphatic rings. The van der Waals surface area contributed by atoms with Crippen molar-refractivity contribution in [1.29, 1.82) is 0 Å². The van der Waals surface area contributed by atoms with Gasteiger partial charge in [-0.1, -0.05) is 12.1 Å². The number of carbonyl (C=O) groups excluding carboxylic acids is 1. The Balaban J connectivity index is 1.25. The first kappa shape index (κ1) is 22.1. The molecule has 1 amide bonds. The monoisotopic (exact) mass is 450 g/mol. The van der Waals surface area contributed by atoms with E-state index in [1.54, 1.807) is 0 Å². The van der Waals surface area contributed by atoms with E-state index >= 15 is 0 Å². The quantitative estimate of drug-likeness (QED) is 0.653. The van der Waals surface area contributed by atoms with E-state index in [1.807, 2.05) is 0 Å². The predicted octanol–water partition coefficient (Wildman–Crippen LogP) is 4.02. The summed E-state index contributed by atoms with van der Waals surface area (Å²) in [5.74, 6) is 1.15. The van der Waals surface area contributed by atoms with Gasteiger partial charge in [-0.2, -0.15) is 0 Å². The van der Waals surface area contributed by atoms with Crippen LogP contribution >= 0.6 is 0 Å². The number of nitrogens with zero attached hydrogens (tertiary/aromatic N) is 2. The normalized spacial score (nSPS) is 36.2. The largest absolute Gasteiger partial charge is 0.494 e. The van der Waals surface area contributed by atoms with Crippen LogP contribution in [0, 0.1) is 5.92 Å². The highest BCUT2D eigenvalue weighted by Gasteiger charge is 2.54. The molecule has 0 spiro atoms. The lowest BCUT2D eigenvalue weighted by molar-refractivity contribution is -0.123. The first-order valence-corrected chi connectivity index (χ1v) is 13.1. The third-order valence-corrected chi connectivity index (χ3v) is 9.91. The lowest BCUT2D eigenvalue weighted by atomic mass is 9.75. The Morgan fingerprint density at radius 2 is 1.52 bits per heavy atom. The molecule has 178 valence electrons. The van der Waals surface area contributed by atoms with E-state index in [-0.39, 0.29) is 17.1 Å². The van der Waals surface area contributed by atoms with Gasteiger partial charge in [-0.05, 0) is 103 Å². The van der Waals surface area contributed by atoms with Crippen molar-refractivity contribution in [2.24, 2.45) is 5.92 Å². The van der Waals surface area contributed by atoms with Gasteiger partial charge in [0.05, 0.1) is 16.6 Å². The van der Waals surface area contributed by atoms with Crippen LogP contribution in [-0.4, -0.2) is 53.8 Å². The highest BCUT2D eigenvalue weighted by Crippen LogP contribution is 2.48. The summed E-state index contributed by atoms with van der Waals surface area (Å²) >= 11 is 0. The molecule has 0 unspecified atom stereocenters. The van der Waals surface area contributed by atoms with E-state index in [4.69, 9.17) is 9.31 Å². The zero-order valence-electron chi connectivity index (χ0n) is 21.2. The number of piperidine rings is 2. The van der Waals surface area contributed by atoms with Gasteiger partial charge in [-0.3, -0.25) is 9.69 Å². The Kier molecular flexibility index (Phi) is 4.75. The van der Waals surface area contributed by atoms with Gasteiger partial charge in [-0.15, -0.1) is 0 Å². The maximum atomic E-state index is 13.6. The molecule has 0 N–H and O–H groups in total. The van der Waals surface area contributed by atoms with Crippen molar-refractivity contribution in [3.63, 3.8) is 0 Å². The molecule has 0 radical (unpaired) electrons. The maximum absolute atomic E-state index is 13.6. The Morgan fingerprint density at radius 1 is 0.879 bits per heavy atom. The molecule has 33 heavy (non-hydrogen) atoms. The third-order valence-electron chi connectivity index (χ3n) is 9.91. The minimum atomic E-state index is -0.487. The van der Waals surface area contributed by atoms with Crippen LogP contribution in [0.4, 0.5) is 5.69 Å². The van der Waals surface area contributed by atoms with Gasteiger partial charge in [-0.25, -0.2) is 0 Å². The van der Waals surface area contributed by atoms with Crippen molar-refractivity contribution in [1.82, 2.24) is 4.90 Å². The van der Waals surface area contributed by atoms with Gasteiger partial charge in [0.1, 0.15) is 0 Å². The molecule has 4 aliphatic heterocycles. The van der Waals surface area contributed by atoms with Crippen LogP contribution in [-0.2, 0) is 19.5 Å². The first-order valence-electron chi connectivity index (χ1n) is 13.1. The summed E-state index contributed by atoms with van der Waals surface area (Å²) in [6.07, 6.45) is 7.80. The zero-order chi connectivity index (χ0) is 23.3. The number of benzene rings is 1. The highest BCUT2D eigenvalue weighted by molar-refractivity contribution is 6.62. The van der Waals surface area contributed by atoms with Crippen LogP contribution in [0.1, 0.15) is 85.6 Å². The van der Waals surface area contributed by atoms with Gasteiger partial charge in [0.25, 0.3) is 0 Å². The third kappa shape index (κ3) is 3.20. The standard InChI is InChI=1S/C27H39BN2O3/c1-25(2)22-12-9-18(28-32-26(3,4)27(5,6)33-28)13-23(22)30(24(25)31)21-14-20(15-21)29-16-17-7-10-19(29)11-8-17/h9,12-13,17,19-21H,7-8,10-11,14-16H2,1-6H3/t17?,19?,20-,21+. The average molecular weight is 450 g/mol. The number of hydrogen-bond acceptors (Lipinski definition) is 4. The molecule has 1 aromatic carbocycles. The lowest BCUT2D eigenvalue weighted by Gasteiger charge is -2.54. The predicted molar refractivity (Wildman–Crippen MR) is 132 cm³/mol. The van der Waals surface area contributed by atoms with E-state index < -0.39 is 12.5 Å². The Bertz CT molecular complexity index is 960. The van der Waals surface area contributed by atoms with Crippen LogP contribution in [0.5, 0.6) is 0 Å². The van der Waals surface area contributed by atoms with Gasteiger partial charge in [0.2, 0.25) is 5.91 Å². The summed E-state index contributed by atoms with van der Waals surface area (Å²) in [7, 11) is -0.404. The van der Waals surface area contributed by atoms with E-state index in [2.05, 4.69) is 69.5 Å². The van der Waals surface area contributed by atoms with Crippen molar-refractivity contribution in [3.05, 3.63) is 23.8 Å². The SMILES string of the molecule is CC1(C)C(=O)N([C@H]2C[C@@H](N3CC4CCC3CC4)C2)c2cc(B3OC(C)(C)C(C)(C)O3)ccc21. The molecule has 2 aliphatic carbocycles. The van der Waals surface area contributed by atoms with Gasteiger partial charge < -0.3 is 14.2 Å². The Hall–Kier alpha value is -1.37. The summed E-state index contributed by atoms with van der Waals surface area (Å²) in [6.45, 7) is 13.8. The fourth-order valence-corrected chi connectivity index (χ4v) is 6.88. The van der Waals surface area contributed by atoms with E-state index in [0.29, 0.717) is 12.1 Å². The molecule has 4 heterocycles. The van der Waals surface area contributed by atoms with Crippen molar-refractivity contribution < 1.29 is 14.1 Å². The second kappa shape index (κ2) is 7.08. The molecule has 3 saturated heterocycles. The van der Waals surface area contributed by atoms with Gasteiger partial charge >= 0.3 is 7.12 Å². The number of anilines is 1. The molecule has 0 aromatic heterocycles. The molecule has 7 rings (SSSR count). The number of hydrogen-bond donors (Lipinski definition) is 0. The molecule has 5 fully saturated rings. The highest BCUT2D eigenvalue weighted by atomic mass is 16.7. The lowest BCUT2D eigenvalue weighted by Crippen LogP contribution is -2.61. The minimum Gasteiger partial charge on any atom is -0.399 e. The van der Waals surface area contributed by atoms with Gasteiger partial charge in [0.15, 0.2) is 0 Å². The number of rotatable bonds is 3. The fraction of sp³-hybridized carbons (Fsp3) is 0.741. The van der Waals surface area contributed by atoms with Gasteiger partial charge in [0, 0.05) is 30.4 Å². The number of fused-ring (bicyclic) bond motifs is 4. The molecule has 1 aromatic rings. The average Bonchev–Trinajstić information content (AvgIpc) is 3.08. The Morgan fingerprint density at radius 3 is 2.09 bits per heavy atom. The summed E-state index contributed by atoms with van der Waals surface area (Å²) in [6, 6.07) is 8.13. The second-order valence-electron chi connectivity index (χ2n) is 12.8. The molecular weight excluding hydrogens is 411 g/mol. The minimum absolute atomic E-state index is 0.243. The van der Waals surface area contributed by atoms with E-state index in [9.17, 15) is 4.79 Å². The molecule has 6 heteroatoms. The smallest absolute Gasteiger partial charge is 0.399 e. The summed E-state index contributed by atoms with van der Waals surface area (Å²) in [4.78, 5) is 18.5. The van der Waals surface area contributed by atoms with Crippen LogP contribution < -0.4 is 10.4 Å². The van der Waals surface area contributed by atoms with E-state index in [1.165, 1.54) is 32.2 Å². The van der Waals surface area contributed by atoms with Crippen molar-refractivity contribution >= 4 is 24.2 Å². The molecule has 2 saturated carbocycles. The van der Waals surface area contributed by atoms with Crippen LogP contribution in [0.25, 0.3) is 0 Å². The first-order chi connectivity index (χ1) is 15.5. The van der Waals surface area contributed by atoms with Crippen LogP contribution in [0.3, 0.4) is 0 Å². The molecule has 5 nitrogen and oxygen atoms in total. The number of amides is 1. The van der Waals surface area contributed by atoms with Crippen molar-refractivity contribution in [2.45, 2.75) is 115 Å². The van der Waals surface area contributed by atoms with Crippen molar-refractivity contribution in [2.75, 3.05) is 11.4 Å². The van der Waals surface area contributed by atoms with Crippen LogP contribution in [0.2, 0.25) is 0 Å². The second-order valence-corrected chi connectivity index (χ2v) is 12.8. The summed E-state index contributed by atoms with van der Waals surface area (Å²) in [5.41, 5.74) is 1.97. The summed E-state index contributed by atoms with van der Waals surface area (Å²) in [5, 5.41) is 0. The molecule has 0 atom stereocenters. The van der Waals surface area contributed by atoms with E-state index in [0.717, 1.165) is 41.5 Å². The zero-order valence-corrected chi connectivity index (χ0v) is 21.2. The van der Waals surface area contributed by atoms with Crippen LogP contribution in [0.15, 0.2) is 18.2 Å². The van der Waals surface area contributed by atoms with Crippen molar-refractivity contribution in [3.8, 4) is 0 Å².